The van der Waals surface area contributed by atoms with E-state index in [9.17, 15) is 8.42 Å². The highest BCUT2D eigenvalue weighted by Crippen LogP contribution is 2.32. The number of hydrogen-bond donors (Lipinski definition) is 3. The molecule has 3 aromatic carbocycles. The van der Waals surface area contributed by atoms with E-state index in [0.717, 1.165) is 11.1 Å². The summed E-state index contributed by atoms with van der Waals surface area (Å²) in [7, 11) is -3.77. The predicted molar refractivity (Wildman–Crippen MR) is 115 cm³/mol. The monoisotopic (exact) mass is 416 g/mol. The number of aromatic amines is 1. The van der Waals surface area contributed by atoms with Crippen LogP contribution in [0.5, 0.6) is 0 Å². The summed E-state index contributed by atoms with van der Waals surface area (Å²) in [5.74, 6) is 0. The highest BCUT2D eigenvalue weighted by molar-refractivity contribution is 7.91. The Hall–Kier alpha value is -2.61. The molecule has 8 heteroatoms. The van der Waals surface area contributed by atoms with Crippen LogP contribution in [0.3, 0.4) is 0 Å². The first-order valence-electron chi connectivity index (χ1n) is 8.67. The van der Waals surface area contributed by atoms with Crippen molar-refractivity contribution in [2.24, 2.45) is 5.73 Å². The maximum Gasteiger partial charge on any atom is 0.224 e. The molecule has 6 nitrogen and oxygen atoms in total. The number of hydrogen-bond acceptors (Lipinski definition) is 5. The van der Waals surface area contributed by atoms with Gasteiger partial charge in [0.05, 0.1) is 10.4 Å². The van der Waals surface area contributed by atoms with Crippen LogP contribution in [-0.2, 0) is 9.84 Å². The summed E-state index contributed by atoms with van der Waals surface area (Å²) in [6.07, 6.45) is 0. The van der Waals surface area contributed by atoms with E-state index >= 15 is 0 Å². The van der Waals surface area contributed by atoms with Crippen LogP contribution in [0.2, 0.25) is 0 Å². The number of anilines is 1. The second kappa shape index (κ2) is 7.79. The van der Waals surface area contributed by atoms with E-state index in [4.69, 9.17) is 5.73 Å². The van der Waals surface area contributed by atoms with E-state index in [1.165, 1.54) is 0 Å². The average molecular weight is 417 g/mol. The van der Waals surface area contributed by atoms with Gasteiger partial charge in [0.25, 0.3) is 0 Å². The van der Waals surface area contributed by atoms with Crippen molar-refractivity contribution in [3.05, 3.63) is 60.7 Å². The number of rotatable bonds is 5. The first kappa shape index (κ1) is 20.1. The molecule has 4 aromatic rings. The quantitative estimate of drug-likeness (QED) is 0.460. The number of halogens is 1. The molecule has 1 atom stereocenters. The van der Waals surface area contributed by atoms with Crippen LogP contribution >= 0.6 is 12.4 Å². The fourth-order valence-corrected chi connectivity index (χ4v) is 4.69. The van der Waals surface area contributed by atoms with Gasteiger partial charge in [0.15, 0.2) is 5.03 Å². The van der Waals surface area contributed by atoms with Crippen molar-refractivity contribution in [1.29, 1.82) is 0 Å². The van der Waals surface area contributed by atoms with Gasteiger partial charge in [-0.2, -0.15) is 5.10 Å². The summed E-state index contributed by atoms with van der Waals surface area (Å²) in [4.78, 5) is 0.264. The second-order valence-corrected chi connectivity index (χ2v) is 8.48. The van der Waals surface area contributed by atoms with Crippen LogP contribution in [0.1, 0.15) is 6.92 Å². The van der Waals surface area contributed by atoms with E-state index in [1.54, 1.807) is 24.3 Å². The lowest BCUT2D eigenvalue weighted by atomic mass is 10.1. The number of aromatic nitrogens is 2. The van der Waals surface area contributed by atoms with Gasteiger partial charge in [-0.3, -0.25) is 5.10 Å². The molecular formula is C20H21ClN4O2S. The van der Waals surface area contributed by atoms with Crippen molar-refractivity contribution in [3.8, 4) is 0 Å². The molecule has 0 aliphatic heterocycles. The molecule has 0 radical (unpaired) electrons. The number of benzene rings is 3. The molecule has 1 aromatic heterocycles. The molecule has 146 valence electrons. The molecule has 28 heavy (non-hydrogen) atoms. The molecule has 0 aliphatic carbocycles. The number of nitrogens with zero attached hydrogens (tertiary/aromatic N) is 1. The molecular weight excluding hydrogens is 396 g/mol. The smallest absolute Gasteiger partial charge is 0.224 e. The van der Waals surface area contributed by atoms with E-state index in [0.29, 0.717) is 22.8 Å². The molecule has 0 spiro atoms. The first-order valence-corrected chi connectivity index (χ1v) is 10.2. The van der Waals surface area contributed by atoms with Gasteiger partial charge in [-0.1, -0.05) is 36.4 Å². The number of H-pyrrole nitrogens is 1. The van der Waals surface area contributed by atoms with Crippen molar-refractivity contribution in [3.63, 3.8) is 0 Å². The summed E-state index contributed by atoms with van der Waals surface area (Å²) >= 11 is 0. The number of nitrogens with two attached hydrogens (primary N) is 1. The Labute approximate surface area is 169 Å². The van der Waals surface area contributed by atoms with Gasteiger partial charge in [-0.15, -0.1) is 12.4 Å². The number of nitrogens with one attached hydrogen (secondary N) is 2. The van der Waals surface area contributed by atoms with Gasteiger partial charge in [0, 0.05) is 29.0 Å². The molecule has 0 saturated heterocycles. The minimum Gasteiger partial charge on any atom is -0.383 e. The number of sulfone groups is 1. The Morgan fingerprint density at radius 1 is 1.07 bits per heavy atom. The zero-order chi connectivity index (χ0) is 19.0. The summed E-state index contributed by atoms with van der Waals surface area (Å²) in [6, 6.07) is 18.1. The second-order valence-electron chi connectivity index (χ2n) is 6.62. The topological polar surface area (TPSA) is 101 Å². The van der Waals surface area contributed by atoms with E-state index in [2.05, 4.69) is 15.5 Å². The summed E-state index contributed by atoms with van der Waals surface area (Å²) in [6.45, 7) is 2.49. The van der Waals surface area contributed by atoms with Gasteiger partial charge in [0.1, 0.15) is 0 Å². The first-order chi connectivity index (χ1) is 13.0. The van der Waals surface area contributed by atoms with Crippen LogP contribution < -0.4 is 11.1 Å². The molecule has 0 amide bonds. The third kappa shape index (κ3) is 3.56. The van der Waals surface area contributed by atoms with Crippen LogP contribution in [0.25, 0.3) is 21.7 Å². The molecule has 4 N–H and O–H groups in total. The van der Waals surface area contributed by atoms with Gasteiger partial charge in [-0.05, 0) is 36.6 Å². The fraction of sp³-hybridized carbons (Fsp3) is 0.150. The highest BCUT2D eigenvalue weighted by Gasteiger charge is 2.25. The van der Waals surface area contributed by atoms with Gasteiger partial charge >= 0.3 is 0 Å². The Bertz CT molecular complexity index is 1230. The lowest BCUT2D eigenvalue weighted by Gasteiger charge is -2.10. The molecule has 0 aliphatic rings. The zero-order valence-electron chi connectivity index (χ0n) is 15.2. The third-order valence-electron chi connectivity index (χ3n) is 4.46. The molecule has 0 saturated carbocycles. The Kier molecular flexibility index (Phi) is 5.60. The average Bonchev–Trinajstić information content (AvgIpc) is 3.10. The largest absolute Gasteiger partial charge is 0.383 e. The van der Waals surface area contributed by atoms with Gasteiger partial charge < -0.3 is 11.1 Å². The highest BCUT2D eigenvalue weighted by atomic mass is 35.5. The van der Waals surface area contributed by atoms with E-state index < -0.39 is 9.84 Å². The van der Waals surface area contributed by atoms with E-state index in [-0.39, 0.29) is 28.4 Å². The van der Waals surface area contributed by atoms with Gasteiger partial charge in [-0.25, -0.2) is 8.42 Å². The van der Waals surface area contributed by atoms with Crippen molar-refractivity contribution < 1.29 is 8.42 Å². The van der Waals surface area contributed by atoms with Crippen molar-refractivity contribution in [2.75, 3.05) is 11.9 Å². The molecule has 1 unspecified atom stereocenters. The predicted octanol–water partition coefficient (Wildman–Crippen LogP) is 3.73. The van der Waals surface area contributed by atoms with Crippen molar-refractivity contribution in [1.82, 2.24) is 10.2 Å². The van der Waals surface area contributed by atoms with Crippen molar-refractivity contribution in [2.45, 2.75) is 22.9 Å². The Morgan fingerprint density at radius 3 is 2.61 bits per heavy atom. The normalized spacial score (nSPS) is 12.6. The number of fused-ring (bicyclic) bond motifs is 2. The fourth-order valence-electron chi connectivity index (χ4n) is 3.12. The minimum absolute atomic E-state index is 0. The SMILES string of the molecule is CC(N)CNc1ccc2n[nH]c(S(=O)(=O)c3cccc4ccccc34)c2c1.Cl. The Morgan fingerprint density at radius 2 is 1.82 bits per heavy atom. The summed E-state index contributed by atoms with van der Waals surface area (Å²) in [5.41, 5.74) is 7.18. The van der Waals surface area contributed by atoms with Crippen LogP contribution in [0.15, 0.2) is 70.6 Å². The van der Waals surface area contributed by atoms with Crippen molar-refractivity contribution >= 4 is 49.6 Å². The molecule has 0 fully saturated rings. The zero-order valence-corrected chi connectivity index (χ0v) is 16.8. The van der Waals surface area contributed by atoms with Crippen LogP contribution in [0, 0.1) is 0 Å². The summed E-state index contributed by atoms with van der Waals surface area (Å²) in [5, 5.41) is 12.3. The van der Waals surface area contributed by atoms with E-state index in [1.807, 2.05) is 43.3 Å². The minimum atomic E-state index is -3.77. The Balaban J connectivity index is 0.00000225. The van der Waals surface area contributed by atoms with Crippen LogP contribution in [0.4, 0.5) is 5.69 Å². The molecule has 4 rings (SSSR count). The maximum atomic E-state index is 13.4. The lowest BCUT2D eigenvalue weighted by Crippen LogP contribution is -2.25. The molecule has 1 heterocycles. The lowest BCUT2D eigenvalue weighted by molar-refractivity contribution is 0.593. The standard InChI is InChI=1S/C20H20N4O2S.ClH/c1-13(21)12-22-15-9-10-18-17(11-15)20(24-23-18)27(25,26)19-8-4-6-14-5-2-3-7-16(14)19;/h2-11,13,22H,12,21H2,1H3,(H,23,24);1H. The third-order valence-corrected chi connectivity index (χ3v) is 6.24. The molecule has 0 bridgehead atoms. The maximum absolute atomic E-state index is 13.4. The summed E-state index contributed by atoms with van der Waals surface area (Å²) < 4.78 is 26.8. The van der Waals surface area contributed by atoms with Gasteiger partial charge in [0.2, 0.25) is 9.84 Å². The van der Waals surface area contributed by atoms with Crippen LogP contribution in [-0.4, -0.2) is 31.2 Å².